The van der Waals surface area contributed by atoms with Crippen molar-refractivity contribution in [1.82, 2.24) is 15.0 Å². The molecule has 7 nitrogen and oxygen atoms in total. The van der Waals surface area contributed by atoms with E-state index in [1.807, 2.05) is 0 Å². The number of anilines is 3. The van der Waals surface area contributed by atoms with Crippen molar-refractivity contribution in [3.05, 3.63) is 0 Å². The van der Waals surface area contributed by atoms with Gasteiger partial charge in [0, 0.05) is 39.3 Å². The van der Waals surface area contributed by atoms with Crippen LogP contribution >= 0.6 is 0 Å². The Morgan fingerprint density at radius 3 is 1.62 bits per heavy atom. The maximum absolute atomic E-state index is 8.79. The zero-order chi connectivity index (χ0) is 19.2. The SMILES string of the molecule is CCN(CC)c1nc(NCCCCCCCCO)nc(N(CC)CC)n1. The van der Waals surface area contributed by atoms with Crippen molar-refractivity contribution in [2.24, 2.45) is 0 Å². The zero-order valence-corrected chi connectivity index (χ0v) is 17.2. The van der Waals surface area contributed by atoms with Gasteiger partial charge >= 0.3 is 0 Å². The molecular formula is C19H38N6O. The first-order chi connectivity index (χ1) is 12.7. The van der Waals surface area contributed by atoms with Crippen molar-refractivity contribution in [3.8, 4) is 0 Å². The van der Waals surface area contributed by atoms with Gasteiger partial charge in [-0.1, -0.05) is 25.7 Å². The van der Waals surface area contributed by atoms with E-state index in [1.54, 1.807) is 0 Å². The Labute approximate surface area is 159 Å². The number of hydrogen-bond donors (Lipinski definition) is 2. The maximum atomic E-state index is 8.79. The molecule has 0 unspecified atom stereocenters. The van der Waals surface area contributed by atoms with Crippen molar-refractivity contribution in [2.45, 2.75) is 66.2 Å². The zero-order valence-electron chi connectivity index (χ0n) is 17.2. The van der Waals surface area contributed by atoms with E-state index in [9.17, 15) is 0 Å². The maximum Gasteiger partial charge on any atom is 0.231 e. The predicted molar refractivity (Wildman–Crippen MR) is 110 cm³/mol. The molecule has 0 radical (unpaired) electrons. The summed E-state index contributed by atoms with van der Waals surface area (Å²) in [6, 6.07) is 0. The summed E-state index contributed by atoms with van der Waals surface area (Å²) < 4.78 is 0. The summed E-state index contributed by atoms with van der Waals surface area (Å²) in [5.74, 6) is 2.17. The molecule has 0 aliphatic carbocycles. The van der Waals surface area contributed by atoms with Crippen LogP contribution in [0.3, 0.4) is 0 Å². The molecular weight excluding hydrogens is 328 g/mol. The lowest BCUT2D eigenvalue weighted by Gasteiger charge is -2.23. The second-order valence-corrected chi connectivity index (χ2v) is 6.38. The van der Waals surface area contributed by atoms with Crippen LogP contribution in [0.5, 0.6) is 0 Å². The number of aliphatic hydroxyl groups is 1. The van der Waals surface area contributed by atoms with Gasteiger partial charge in [-0.15, -0.1) is 0 Å². The molecule has 26 heavy (non-hydrogen) atoms. The lowest BCUT2D eigenvalue weighted by molar-refractivity contribution is 0.282. The number of hydrogen-bond acceptors (Lipinski definition) is 7. The number of rotatable bonds is 15. The van der Waals surface area contributed by atoms with Crippen LogP contribution in [0.2, 0.25) is 0 Å². The smallest absolute Gasteiger partial charge is 0.231 e. The van der Waals surface area contributed by atoms with Crippen molar-refractivity contribution < 1.29 is 5.11 Å². The first-order valence-electron chi connectivity index (χ1n) is 10.3. The molecule has 150 valence electrons. The van der Waals surface area contributed by atoms with E-state index in [1.165, 1.54) is 19.3 Å². The summed E-state index contributed by atoms with van der Waals surface area (Å²) in [6.07, 6.45) is 6.75. The van der Waals surface area contributed by atoms with Crippen LogP contribution in [0.25, 0.3) is 0 Å². The van der Waals surface area contributed by atoms with Crippen LogP contribution in [-0.2, 0) is 0 Å². The molecule has 7 heteroatoms. The topological polar surface area (TPSA) is 77.4 Å². The fourth-order valence-electron chi connectivity index (χ4n) is 2.87. The third-order valence-corrected chi connectivity index (χ3v) is 4.57. The highest BCUT2D eigenvalue weighted by molar-refractivity contribution is 5.45. The van der Waals surface area contributed by atoms with Gasteiger partial charge in [0.1, 0.15) is 0 Å². The first-order valence-corrected chi connectivity index (χ1v) is 10.3. The molecule has 0 spiro atoms. The van der Waals surface area contributed by atoms with E-state index in [2.05, 4.69) is 57.8 Å². The first kappa shape index (κ1) is 22.4. The second-order valence-electron chi connectivity index (χ2n) is 6.38. The minimum Gasteiger partial charge on any atom is -0.396 e. The summed E-state index contributed by atoms with van der Waals surface area (Å²) in [5.41, 5.74) is 0. The summed E-state index contributed by atoms with van der Waals surface area (Å²) in [6.45, 7) is 13.2. The molecule has 0 fully saturated rings. The van der Waals surface area contributed by atoms with Crippen molar-refractivity contribution in [3.63, 3.8) is 0 Å². The quantitative estimate of drug-likeness (QED) is 0.461. The minimum atomic E-state index is 0.310. The van der Waals surface area contributed by atoms with Gasteiger partial charge in [0.2, 0.25) is 17.8 Å². The number of nitrogens with zero attached hydrogens (tertiary/aromatic N) is 5. The van der Waals surface area contributed by atoms with Crippen LogP contribution in [0.4, 0.5) is 17.8 Å². The van der Waals surface area contributed by atoms with E-state index in [0.29, 0.717) is 12.6 Å². The van der Waals surface area contributed by atoms with Crippen LogP contribution < -0.4 is 15.1 Å². The third kappa shape index (κ3) is 7.72. The number of aliphatic hydroxyl groups excluding tert-OH is 1. The number of nitrogens with one attached hydrogen (secondary N) is 1. The number of aromatic nitrogens is 3. The average molecular weight is 367 g/mol. The van der Waals surface area contributed by atoms with Crippen LogP contribution in [0.1, 0.15) is 66.2 Å². The predicted octanol–water partition coefficient (Wildman–Crippen LogP) is 3.31. The molecule has 0 saturated carbocycles. The van der Waals surface area contributed by atoms with Crippen LogP contribution in [-0.4, -0.2) is 59.4 Å². The Bertz CT molecular complexity index is 447. The molecule has 1 aromatic heterocycles. The Kier molecular flexibility index (Phi) is 11.7. The molecule has 1 heterocycles. The van der Waals surface area contributed by atoms with E-state index in [0.717, 1.165) is 63.9 Å². The average Bonchev–Trinajstić information content (AvgIpc) is 2.66. The highest BCUT2D eigenvalue weighted by atomic mass is 16.2. The van der Waals surface area contributed by atoms with E-state index >= 15 is 0 Å². The lowest BCUT2D eigenvalue weighted by Crippen LogP contribution is -2.29. The fourth-order valence-corrected chi connectivity index (χ4v) is 2.87. The molecule has 0 atom stereocenters. The molecule has 0 aliphatic rings. The summed E-state index contributed by atoms with van der Waals surface area (Å²) in [7, 11) is 0. The third-order valence-electron chi connectivity index (χ3n) is 4.57. The summed E-state index contributed by atoms with van der Waals surface area (Å²) >= 11 is 0. The van der Waals surface area contributed by atoms with Crippen LogP contribution in [0.15, 0.2) is 0 Å². The molecule has 0 saturated heterocycles. The van der Waals surface area contributed by atoms with Gasteiger partial charge in [0.15, 0.2) is 0 Å². The van der Waals surface area contributed by atoms with Gasteiger partial charge in [-0.2, -0.15) is 15.0 Å². The Hall–Kier alpha value is -1.63. The Balaban J connectivity index is 2.64. The van der Waals surface area contributed by atoms with Crippen molar-refractivity contribution in [1.29, 1.82) is 0 Å². The van der Waals surface area contributed by atoms with Gasteiger partial charge in [0.05, 0.1) is 0 Å². The number of unbranched alkanes of at least 4 members (excludes halogenated alkanes) is 5. The molecule has 0 amide bonds. The van der Waals surface area contributed by atoms with Crippen molar-refractivity contribution in [2.75, 3.05) is 54.4 Å². The summed E-state index contributed by atoms with van der Waals surface area (Å²) in [4.78, 5) is 18.2. The fraction of sp³-hybridized carbons (Fsp3) is 0.842. The Morgan fingerprint density at radius 1 is 0.692 bits per heavy atom. The van der Waals surface area contributed by atoms with Gasteiger partial charge in [-0.25, -0.2) is 0 Å². The molecule has 0 aromatic carbocycles. The van der Waals surface area contributed by atoms with Crippen molar-refractivity contribution >= 4 is 17.8 Å². The van der Waals surface area contributed by atoms with E-state index in [4.69, 9.17) is 5.11 Å². The van der Waals surface area contributed by atoms with Gasteiger partial charge in [-0.05, 0) is 40.5 Å². The van der Waals surface area contributed by atoms with Gasteiger partial charge < -0.3 is 20.2 Å². The molecule has 2 N–H and O–H groups in total. The monoisotopic (exact) mass is 366 g/mol. The molecule has 0 bridgehead atoms. The minimum absolute atomic E-state index is 0.310. The normalized spacial score (nSPS) is 10.8. The highest BCUT2D eigenvalue weighted by Gasteiger charge is 2.14. The van der Waals surface area contributed by atoms with Gasteiger partial charge in [0.25, 0.3) is 0 Å². The summed E-state index contributed by atoms with van der Waals surface area (Å²) in [5, 5.41) is 12.2. The van der Waals surface area contributed by atoms with E-state index in [-0.39, 0.29) is 0 Å². The molecule has 1 rings (SSSR count). The molecule has 1 aromatic rings. The second kappa shape index (κ2) is 13.6. The van der Waals surface area contributed by atoms with Gasteiger partial charge in [-0.3, -0.25) is 0 Å². The highest BCUT2D eigenvalue weighted by Crippen LogP contribution is 2.17. The largest absolute Gasteiger partial charge is 0.396 e. The lowest BCUT2D eigenvalue weighted by atomic mass is 10.1. The van der Waals surface area contributed by atoms with Crippen LogP contribution in [0, 0.1) is 0 Å². The van der Waals surface area contributed by atoms with E-state index < -0.39 is 0 Å². The standard InChI is InChI=1S/C19H38N6O/c1-5-24(6-2)18-21-17(22-19(23-18)25(7-3)8-4)20-15-13-11-9-10-12-14-16-26/h26H,5-16H2,1-4H3,(H,20,21,22,23). The Morgan fingerprint density at radius 2 is 1.15 bits per heavy atom. The molecule has 0 aliphatic heterocycles.